The van der Waals surface area contributed by atoms with Crippen molar-refractivity contribution in [2.45, 2.75) is 38.3 Å². The van der Waals surface area contributed by atoms with E-state index in [9.17, 15) is 14.4 Å². The lowest BCUT2D eigenvalue weighted by molar-refractivity contribution is -0.140. The van der Waals surface area contributed by atoms with E-state index in [-0.39, 0.29) is 0 Å². The lowest BCUT2D eigenvalue weighted by Crippen LogP contribution is -2.45. The van der Waals surface area contributed by atoms with Crippen LogP contribution in [0.2, 0.25) is 0 Å². The topological polar surface area (TPSA) is 95.2 Å². The molecule has 35 heavy (non-hydrogen) atoms. The van der Waals surface area contributed by atoms with Crippen LogP contribution < -0.4 is 5.32 Å². The summed E-state index contributed by atoms with van der Waals surface area (Å²) in [6, 6.07) is 19.5. The number of carbonyl (C=O) groups is 3. The van der Waals surface area contributed by atoms with E-state index in [1.807, 2.05) is 56.3 Å². The molecule has 0 aliphatic carbocycles. The molecule has 1 saturated heterocycles. The van der Waals surface area contributed by atoms with Gasteiger partial charge < -0.3 is 9.73 Å². The highest BCUT2D eigenvalue weighted by molar-refractivity contribution is 6.10. The van der Waals surface area contributed by atoms with Crippen LogP contribution in [0.25, 0.3) is 0 Å². The summed E-state index contributed by atoms with van der Waals surface area (Å²) in [6.07, 6.45) is 2.38. The average Bonchev–Trinajstić information content (AvgIpc) is 3.61. The minimum absolute atomic E-state index is 0.362. The van der Waals surface area contributed by atoms with Crippen molar-refractivity contribution in [2.24, 2.45) is 5.10 Å². The summed E-state index contributed by atoms with van der Waals surface area (Å²) in [4.78, 5) is 40.8. The van der Waals surface area contributed by atoms with Crippen LogP contribution in [0.4, 0.5) is 4.79 Å². The Kier molecular flexibility index (Phi) is 5.72. The van der Waals surface area contributed by atoms with Crippen LogP contribution in [-0.2, 0) is 15.1 Å². The van der Waals surface area contributed by atoms with Crippen molar-refractivity contribution >= 4 is 23.6 Å². The van der Waals surface area contributed by atoms with E-state index in [4.69, 9.17) is 4.42 Å². The van der Waals surface area contributed by atoms with Gasteiger partial charge in [-0.1, -0.05) is 67.1 Å². The molecule has 8 nitrogen and oxygen atoms in total. The van der Waals surface area contributed by atoms with Gasteiger partial charge in [0, 0.05) is 6.42 Å². The number of imide groups is 1. The van der Waals surface area contributed by atoms with Crippen molar-refractivity contribution in [3.05, 3.63) is 95.4 Å². The fourth-order valence-corrected chi connectivity index (χ4v) is 4.70. The first kappa shape index (κ1) is 22.6. The molecule has 2 aromatic carbocycles. The van der Waals surface area contributed by atoms with Crippen LogP contribution in [0.1, 0.15) is 48.3 Å². The van der Waals surface area contributed by atoms with Crippen LogP contribution in [0.5, 0.6) is 0 Å². The molecule has 178 valence electrons. The van der Waals surface area contributed by atoms with Crippen LogP contribution in [0.3, 0.4) is 0 Å². The molecule has 5 rings (SSSR count). The van der Waals surface area contributed by atoms with E-state index in [0.29, 0.717) is 24.2 Å². The smallest absolute Gasteiger partial charge is 0.325 e. The Morgan fingerprint density at radius 2 is 1.83 bits per heavy atom. The third kappa shape index (κ3) is 3.90. The molecule has 0 saturated carbocycles. The van der Waals surface area contributed by atoms with Gasteiger partial charge in [0.15, 0.2) is 0 Å². The Hall–Kier alpha value is -4.20. The molecule has 1 fully saturated rings. The van der Waals surface area contributed by atoms with Crippen molar-refractivity contribution in [3.63, 3.8) is 0 Å². The number of nitrogens with zero attached hydrogens (tertiary/aromatic N) is 3. The first-order valence-electron chi connectivity index (χ1n) is 11.6. The van der Waals surface area contributed by atoms with Crippen LogP contribution in [-0.4, -0.2) is 40.0 Å². The fraction of sp³-hybridized carbons (Fsp3) is 0.259. The van der Waals surface area contributed by atoms with E-state index in [2.05, 4.69) is 10.4 Å². The summed E-state index contributed by atoms with van der Waals surface area (Å²) in [5.74, 6) is -0.313. The molecule has 1 aromatic heterocycles. The molecule has 0 unspecified atom stereocenters. The second-order valence-electron chi connectivity index (χ2n) is 8.83. The van der Waals surface area contributed by atoms with Gasteiger partial charge in [-0.25, -0.2) is 9.80 Å². The standard InChI is InChI=1S/C27H26N4O4/c1-3-27(20-8-5-4-6-9-20)25(33)30(26(34)28-27)17-24(32)31-22(23-10-7-15-35-23)16-21(29-31)19-13-11-18(2)12-14-19/h4-15,22H,3,16-17H2,1-2H3,(H,28,34)/t22-,27+/m1/s1. The number of amides is 4. The second kappa shape index (κ2) is 8.87. The van der Waals surface area contributed by atoms with Gasteiger partial charge in [-0.05, 0) is 36.6 Å². The number of hydrazone groups is 1. The van der Waals surface area contributed by atoms with Crippen molar-refractivity contribution in [3.8, 4) is 0 Å². The number of benzene rings is 2. The summed E-state index contributed by atoms with van der Waals surface area (Å²) in [6.45, 7) is 3.43. The van der Waals surface area contributed by atoms with Gasteiger partial charge >= 0.3 is 6.03 Å². The Morgan fingerprint density at radius 1 is 1.09 bits per heavy atom. The summed E-state index contributed by atoms with van der Waals surface area (Å²) in [5, 5.41) is 8.76. The highest BCUT2D eigenvalue weighted by atomic mass is 16.3. The number of hydrogen-bond donors (Lipinski definition) is 1. The molecular weight excluding hydrogens is 444 g/mol. The number of furan rings is 1. The summed E-state index contributed by atoms with van der Waals surface area (Å²) in [5.41, 5.74) is 2.26. The second-order valence-corrected chi connectivity index (χ2v) is 8.83. The maximum Gasteiger partial charge on any atom is 0.325 e. The van der Waals surface area contributed by atoms with E-state index >= 15 is 0 Å². The van der Waals surface area contributed by atoms with Crippen LogP contribution in [0, 0.1) is 6.92 Å². The molecule has 2 aliphatic heterocycles. The molecule has 0 bridgehead atoms. The average molecular weight is 471 g/mol. The fourth-order valence-electron chi connectivity index (χ4n) is 4.70. The number of hydrogen-bond acceptors (Lipinski definition) is 5. The number of aryl methyl sites for hydroxylation is 1. The highest BCUT2D eigenvalue weighted by Crippen LogP contribution is 2.35. The Morgan fingerprint density at radius 3 is 2.49 bits per heavy atom. The van der Waals surface area contributed by atoms with Crippen LogP contribution in [0.15, 0.2) is 82.5 Å². The van der Waals surface area contributed by atoms with Gasteiger partial charge in [0.1, 0.15) is 23.9 Å². The molecule has 1 N–H and O–H groups in total. The van der Waals surface area contributed by atoms with Gasteiger partial charge in [-0.15, -0.1) is 0 Å². The van der Waals surface area contributed by atoms with Crippen molar-refractivity contribution < 1.29 is 18.8 Å². The number of rotatable bonds is 6. The third-order valence-electron chi connectivity index (χ3n) is 6.69. The van der Waals surface area contributed by atoms with Gasteiger partial charge in [0.05, 0.1) is 12.0 Å². The molecule has 2 atom stereocenters. The Bertz CT molecular complexity index is 1280. The van der Waals surface area contributed by atoms with E-state index in [1.54, 1.807) is 30.5 Å². The summed E-state index contributed by atoms with van der Waals surface area (Å²) in [7, 11) is 0. The normalized spacial score (nSPS) is 21.9. The number of urea groups is 1. The molecule has 3 heterocycles. The highest BCUT2D eigenvalue weighted by Gasteiger charge is 2.52. The van der Waals surface area contributed by atoms with Gasteiger partial charge in [-0.3, -0.25) is 14.5 Å². The monoisotopic (exact) mass is 470 g/mol. The number of nitrogens with one attached hydrogen (secondary N) is 1. The van der Waals surface area contributed by atoms with E-state index in [0.717, 1.165) is 21.7 Å². The zero-order chi connectivity index (χ0) is 24.6. The summed E-state index contributed by atoms with van der Waals surface area (Å²) < 4.78 is 5.59. The molecular formula is C27H26N4O4. The third-order valence-corrected chi connectivity index (χ3v) is 6.69. The lowest BCUT2D eigenvalue weighted by atomic mass is 9.87. The minimum Gasteiger partial charge on any atom is -0.467 e. The summed E-state index contributed by atoms with van der Waals surface area (Å²) >= 11 is 0. The van der Waals surface area contributed by atoms with E-state index in [1.165, 1.54) is 5.01 Å². The number of carbonyl (C=O) groups excluding carboxylic acids is 3. The lowest BCUT2D eigenvalue weighted by Gasteiger charge is -2.26. The zero-order valence-electron chi connectivity index (χ0n) is 19.6. The molecule has 0 spiro atoms. The first-order chi connectivity index (χ1) is 16.9. The zero-order valence-corrected chi connectivity index (χ0v) is 19.6. The molecule has 3 aromatic rings. The van der Waals surface area contributed by atoms with Crippen molar-refractivity contribution in [1.29, 1.82) is 0 Å². The first-order valence-corrected chi connectivity index (χ1v) is 11.6. The minimum atomic E-state index is -1.19. The van der Waals surface area contributed by atoms with Crippen molar-refractivity contribution in [1.82, 2.24) is 15.2 Å². The molecule has 2 aliphatic rings. The van der Waals surface area contributed by atoms with Gasteiger partial charge in [0.25, 0.3) is 11.8 Å². The van der Waals surface area contributed by atoms with Gasteiger partial charge in [0.2, 0.25) is 0 Å². The van der Waals surface area contributed by atoms with Gasteiger partial charge in [-0.2, -0.15) is 5.10 Å². The Balaban J connectivity index is 1.42. The van der Waals surface area contributed by atoms with Crippen LogP contribution >= 0.6 is 0 Å². The maximum atomic E-state index is 13.5. The van der Waals surface area contributed by atoms with E-state index < -0.39 is 36.0 Å². The molecule has 8 heteroatoms. The van der Waals surface area contributed by atoms with Crippen molar-refractivity contribution in [2.75, 3.05) is 6.54 Å². The predicted molar refractivity (Wildman–Crippen MR) is 129 cm³/mol. The Labute approximate surface area is 203 Å². The largest absolute Gasteiger partial charge is 0.467 e. The molecule has 0 radical (unpaired) electrons. The SMILES string of the molecule is CC[C@@]1(c2ccccc2)NC(=O)N(CC(=O)N2N=C(c3ccc(C)cc3)C[C@@H]2c2ccco2)C1=O. The molecule has 4 amide bonds. The quantitative estimate of drug-likeness (QED) is 0.548. The predicted octanol–water partition coefficient (Wildman–Crippen LogP) is 4.12. The maximum absolute atomic E-state index is 13.5.